The molecule has 0 bridgehead atoms. The molecule has 39 heavy (non-hydrogen) atoms. The van der Waals surface area contributed by atoms with Crippen LogP contribution in [-0.4, -0.2) is 86.5 Å². The molecule has 2 fully saturated rings. The zero-order valence-corrected chi connectivity index (χ0v) is 21.8. The second-order valence-corrected chi connectivity index (χ2v) is 10.3. The summed E-state index contributed by atoms with van der Waals surface area (Å²) in [7, 11) is 0. The summed E-state index contributed by atoms with van der Waals surface area (Å²) >= 11 is 0. The zero-order valence-electron chi connectivity index (χ0n) is 21.8. The third-order valence-electron chi connectivity index (χ3n) is 7.44. The first-order valence-corrected chi connectivity index (χ1v) is 13.5. The summed E-state index contributed by atoms with van der Waals surface area (Å²) < 4.78 is 5.40. The lowest BCUT2D eigenvalue weighted by atomic mass is 10.0. The number of anilines is 1. The second-order valence-electron chi connectivity index (χ2n) is 10.3. The number of carbonyl (C=O) groups is 1. The first-order chi connectivity index (χ1) is 19.1. The SMILES string of the molecule is O=C(Nc1ccc(CN2CCOCC2)nc1)c1n[nH]c2ccc(-c3cncc(CN4CCC(O)CC4)c3)cc12. The highest BCUT2D eigenvalue weighted by Crippen LogP contribution is 2.27. The number of nitrogens with one attached hydrogen (secondary N) is 2. The van der Waals surface area contributed by atoms with Gasteiger partial charge in [-0.1, -0.05) is 6.07 Å². The topological polar surface area (TPSA) is 120 Å². The molecule has 0 spiro atoms. The van der Waals surface area contributed by atoms with E-state index in [-0.39, 0.29) is 12.0 Å². The number of hydrogen-bond acceptors (Lipinski definition) is 8. The van der Waals surface area contributed by atoms with E-state index in [1.54, 1.807) is 6.20 Å². The molecule has 4 aromatic rings. The number of benzene rings is 1. The van der Waals surface area contributed by atoms with Gasteiger partial charge in [0.25, 0.3) is 5.91 Å². The summed E-state index contributed by atoms with van der Waals surface area (Å²) in [6.07, 6.45) is 6.86. The minimum absolute atomic E-state index is 0.185. The van der Waals surface area contributed by atoms with Gasteiger partial charge in [0.2, 0.25) is 0 Å². The van der Waals surface area contributed by atoms with Crippen LogP contribution < -0.4 is 5.32 Å². The summed E-state index contributed by atoms with van der Waals surface area (Å²) in [5.74, 6) is -0.291. The molecule has 202 valence electrons. The van der Waals surface area contributed by atoms with Gasteiger partial charge in [0.1, 0.15) is 0 Å². The van der Waals surface area contributed by atoms with Crippen LogP contribution in [0.1, 0.15) is 34.6 Å². The fraction of sp³-hybridized carbons (Fsp3) is 0.379. The van der Waals surface area contributed by atoms with Crippen LogP contribution in [0.4, 0.5) is 5.69 Å². The van der Waals surface area contributed by atoms with Crippen molar-refractivity contribution in [2.24, 2.45) is 0 Å². The van der Waals surface area contributed by atoms with Crippen LogP contribution in [0.5, 0.6) is 0 Å². The maximum Gasteiger partial charge on any atom is 0.276 e. The number of carbonyl (C=O) groups excluding carboxylic acids is 1. The number of likely N-dealkylation sites (tertiary alicyclic amines) is 1. The van der Waals surface area contributed by atoms with Crippen molar-refractivity contribution in [3.63, 3.8) is 0 Å². The largest absolute Gasteiger partial charge is 0.393 e. The van der Waals surface area contributed by atoms with Crippen LogP contribution in [0, 0.1) is 0 Å². The molecular weight excluding hydrogens is 494 g/mol. The molecule has 10 heteroatoms. The van der Waals surface area contributed by atoms with Crippen molar-refractivity contribution in [2.45, 2.75) is 32.0 Å². The van der Waals surface area contributed by atoms with E-state index >= 15 is 0 Å². The average molecular weight is 528 g/mol. The number of aliphatic hydroxyl groups is 1. The standard InChI is InChI=1S/C29H33N7O3/c37-25-5-7-35(8-6-25)18-20-13-22(16-30-15-20)21-1-4-27-26(14-21)28(34-33-27)29(38)32-23-2-3-24(31-17-23)19-36-9-11-39-12-10-36/h1-4,13-17,25,37H,5-12,18-19H2,(H,32,38)(H,33,34). The third-order valence-corrected chi connectivity index (χ3v) is 7.44. The highest BCUT2D eigenvalue weighted by Gasteiger charge is 2.19. The minimum atomic E-state index is -0.291. The number of piperidine rings is 1. The Morgan fingerprint density at radius 3 is 2.59 bits per heavy atom. The number of ether oxygens (including phenoxy) is 1. The van der Waals surface area contributed by atoms with Crippen LogP contribution >= 0.6 is 0 Å². The van der Waals surface area contributed by atoms with Crippen LogP contribution in [-0.2, 0) is 17.8 Å². The molecule has 0 unspecified atom stereocenters. The summed E-state index contributed by atoms with van der Waals surface area (Å²) in [6, 6.07) is 11.9. The number of rotatable bonds is 7. The number of morpholine rings is 1. The van der Waals surface area contributed by atoms with Crippen molar-refractivity contribution >= 4 is 22.5 Å². The van der Waals surface area contributed by atoms with Gasteiger partial charge in [-0.05, 0) is 54.3 Å². The molecule has 0 radical (unpaired) electrons. The number of fused-ring (bicyclic) bond motifs is 1. The van der Waals surface area contributed by atoms with Crippen LogP contribution in [0.15, 0.2) is 55.0 Å². The van der Waals surface area contributed by atoms with E-state index in [0.29, 0.717) is 11.4 Å². The van der Waals surface area contributed by atoms with E-state index in [2.05, 4.69) is 41.3 Å². The van der Waals surface area contributed by atoms with Gasteiger partial charge in [0.15, 0.2) is 5.69 Å². The molecular formula is C29H33N7O3. The van der Waals surface area contributed by atoms with Gasteiger partial charge >= 0.3 is 0 Å². The smallest absolute Gasteiger partial charge is 0.276 e. The highest BCUT2D eigenvalue weighted by molar-refractivity contribution is 6.11. The lowest BCUT2D eigenvalue weighted by Crippen LogP contribution is -2.35. The fourth-order valence-electron chi connectivity index (χ4n) is 5.20. The number of H-pyrrole nitrogens is 1. The molecule has 1 aromatic carbocycles. The Kier molecular flexibility index (Phi) is 7.60. The van der Waals surface area contributed by atoms with E-state index in [4.69, 9.17) is 4.74 Å². The zero-order chi connectivity index (χ0) is 26.6. The van der Waals surface area contributed by atoms with Gasteiger partial charge in [-0.3, -0.25) is 29.7 Å². The first kappa shape index (κ1) is 25.6. The maximum atomic E-state index is 13.2. The molecule has 2 aliphatic rings. The number of aromatic nitrogens is 4. The summed E-state index contributed by atoms with van der Waals surface area (Å²) in [4.78, 5) is 26.8. The van der Waals surface area contributed by atoms with Crippen molar-refractivity contribution in [2.75, 3.05) is 44.7 Å². The van der Waals surface area contributed by atoms with Gasteiger partial charge in [-0.15, -0.1) is 0 Å². The van der Waals surface area contributed by atoms with Gasteiger partial charge in [-0.2, -0.15) is 5.10 Å². The highest BCUT2D eigenvalue weighted by atomic mass is 16.5. The predicted molar refractivity (Wildman–Crippen MR) is 148 cm³/mol. The number of hydrogen-bond donors (Lipinski definition) is 3. The van der Waals surface area contributed by atoms with Crippen molar-refractivity contribution in [3.8, 4) is 11.1 Å². The van der Waals surface area contributed by atoms with E-state index in [1.165, 1.54) is 0 Å². The van der Waals surface area contributed by atoms with Gasteiger partial charge in [0, 0.05) is 62.6 Å². The molecule has 3 aromatic heterocycles. The Labute approximate surface area is 227 Å². The summed E-state index contributed by atoms with van der Waals surface area (Å²) in [5, 5.41) is 20.7. The van der Waals surface area contributed by atoms with E-state index < -0.39 is 0 Å². The molecule has 0 atom stereocenters. The number of aromatic amines is 1. The van der Waals surface area contributed by atoms with Gasteiger partial charge in [0.05, 0.1) is 42.4 Å². The predicted octanol–water partition coefficient (Wildman–Crippen LogP) is 3.06. The van der Waals surface area contributed by atoms with Crippen molar-refractivity contribution < 1.29 is 14.6 Å². The molecule has 5 heterocycles. The molecule has 0 saturated carbocycles. The quantitative estimate of drug-likeness (QED) is 0.336. The van der Waals surface area contributed by atoms with Gasteiger partial charge < -0.3 is 15.2 Å². The Hall–Kier alpha value is -3.70. The summed E-state index contributed by atoms with van der Waals surface area (Å²) in [6.45, 7) is 6.64. The molecule has 2 saturated heterocycles. The van der Waals surface area contributed by atoms with E-state index in [0.717, 1.165) is 98.6 Å². The number of amides is 1. The number of pyridine rings is 2. The fourth-order valence-corrected chi connectivity index (χ4v) is 5.20. The second kappa shape index (κ2) is 11.6. The molecule has 6 rings (SSSR count). The molecule has 10 nitrogen and oxygen atoms in total. The normalized spacial score (nSPS) is 17.5. The van der Waals surface area contributed by atoms with Crippen LogP contribution in [0.25, 0.3) is 22.0 Å². The van der Waals surface area contributed by atoms with Crippen molar-refractivity contribution in [3.05, 3.63) is 71.9 Å². The number of aliphatic hydroxyl groups excluding tert-OH is 1. The lowest BCUT2D eigenvalue weighted by Gasteiger charge is -2.29. The minimum Gasteiger partial charge on any atom is -0.393 e. The van der Waals surface area contributed by atoms with Crippen LogP contribution in [0.3, 0.4) is 0 Å². The maximum absolute atomic E-state index is 13.2. The Balaban J connectivity index is 1.15. The Morgan fingerprint density at radius 1 is 0.974 bits per heavy atom. The van der Waals surface area contributed by atoms with Gasteiger partial charge in [-0.25, -0.2) is 0 Å². The Morgan fingerprint density at radius 2 is 1.79 bits per heavy atom. The van der Waals surface area contributed by atoms with E-state index in [1.807, 2.05) is 42.7 Å². The van der Waals surface area contributed by atoms with E-state index in [9.17, 15) is 9.90 Å². The van der Waals surface area contributed by atoms with Crippen molar-refractivity contribution in [1.29, 1.82) is 0 Å². The first-order valence-electron chi connectivity index (χ1n) is 13.5. The monoisotopic (exact) mass is 527 g/mol. The third kappa shape index (κ3) is 6.15. The molecule has 1 amide bonds. The lowest BCUT2D eigenvalue weighted by molar-refractivity contribution is 0.0336. The molecule has 3 N–H and O–H groups in total. The average Bonchev–Trinajstić information content (AvgIpc) is 3.40. The van der Waals surface area contributed by atoms with Crippen LogP contribution in [0.2, 0.25) is 0 Å². The molecule has 0 aliphatic carbocycles. The number of nitrogens with zero attached hydrogens (tertiary/aromatic N) is 5. The summed E-state index contributed by atoms with van der Waals surface area (Å²) in [5.41, 5.74) is 5.78. The van der Waals surface area contributed by atoms with Crippen molar-refractivity contribution in [1.82, 2.24) is 30.0 Å². The Bertz CT molecular complexity index is 1420. The molecule has 2 aliphatic heterocycles.